The minimum atomic E-state index is -0.508. The lowest BCUT2D eigenvalue weighted by Gasteiger charge is -2.47. The van der Waals surface area contributed by atoms with Crippen molar-refractivity contribution in [1.29, 1.82) is 0 Å². The summed E-state index contributed by atoms with van der Waals surface area (Å²) in [4.78, 5) is 30.9. The molecule has 0 bridgehead atoms. The number of aryl methyl sites for hydroxylation is 2. The highest BCUT2D eigenvalue weighted by atomic mass is 16.6. The van der Waals surface area contributed by atoms with Crippen LogP contribution in [0.3, 0.4) is 0 Å². The Morgan fingerprint density at radius 3 is 2.56 bits per heavy atom. The molecule has 1 atom stereocenters. The second-order valence-corrected chi connectivity index (χ2v) is 8.76. The fraction of sp³-hybridized carbons (Fsp3) is 0.619. The van der Waals surface area contributed by atoms with Gasteiger partial charge in [-0.2, -0.15) is 0 Å². The lowest BCUT2D eigenvalue weighted by molar-refractivity contribution is -0.143. The Morgan fingerprint density at radius 1 is 1.15 bits per heavy atom. The van der Waals surface area contributed by atoms with Gasteiger partial charge in [-0.3, -0.25) is 9.69 Å². The lowest BCUT2D eigenvalue weighted by atomic mass is 10.0. The van der Waals surface area contributed by atoms with Gasteiger partial charge in [-0.25, -0.2) is 4.79 Å². The van der Waals surface area contributed by atoms with Gasteiger partial charge in [-0.1, -0.05) is 18.2 Å². The van der Waals surface area contributed by atoms with Crippen LogP contribution in [0.25, 0.3) is 0 Å². The summed E-state index contributed by atoms with van der Waals surface area (Å²) in [5, 5.41) is 0. The van der Waals surface area contributed by atoms with Crippen molar-refractivity contribution < 1.29 is 14.3 Å². The number of hydrogen-bond acceptors (Lipinski definition) is 4. The molecule has 0 aliphatic carbocycles. The number of hydrogen-bond donors (Lipinski definition) is 0. The van der Waals surface area contributed by atoms with E-state index in [2.05, 4.69) is 36.9 Å². The number of ether oxygens (including phenoxy) is 1. The zero-order valence-corrected chi connectivity index (χ0v) is 17.1. The standard InChI is InChI=1S/C21H31N3O3/c1-15-6-7-17(10-16(15)2)11-22-12-18-13-23(20(26)27-21(3,4)5)8-9-24(18)19(25)14-22/h6-7,10,18H,8-9,11-14H2,1-5H3. The average molecular weight is 373 g/mol. The monoisotopic (exact) mass is 373 g/mol. The molecule has 1 unspecified atom stereocenters. The van der Waals surface area contributed by atoms with E-state index in [4.69, 9.17) is 4.74 Å². The Labute approximate surface area is 162 Å². The Kier molecular flexibility index (Phi) is 5.47. The molecular weight excluding hydrogens is 342 g/mol. The van der Waals surface area contributed by atoms with Crippen molar-refractivity contribution >= 4 is 12.0 Å². The molecule has 0 aromatic heterocycles. The largest absolute Gasteiger partial charge is 0.444 e. The third-order valence-electron chi connectivity index (χ3n) is 5.26. The number of rotatable bonds is 2. The van der Waals surface area contributed by atoms with Crippen molar-refractivity contribution in [3.05, 3.63) is 34.9 Å². The van der Waals surface area contributed by atoms with Crippen LogP contribution >= 0.6 is 0 Å². The first-order valence-corrected chi connectivity index (χ1v) is 9.68. The van der Waals surface area contributed by atoms with Crippen molar-refractivity contribution in [2.24, 2.45) is 0 Å². The summed E-state index contributed by atoms with van der Waals surface area (Å²) >= 11 is 0. The van der Waals surface area contributed by atoms with E-state index < -0.39 is 5.60 Å². The predicted octanol–water partition coefficient (Wildman–Crippen LogP) is 2.57. The first-order chi connectivity index (χ1) is 12.6. The molecule has 2 aliphatic rings. The maximum absolute atomic E-state index is 12.6. The van der Waals surface area contributed by atoms with Crippen LogP contribution in [0.1, 0.15) is 37.5 Å². The topological polar surface area (TPSA) is 53.1 Å². The minimum absolute atomic E-state index is 0.0269. The van der Waals surface area contributed by atoms with Crippen molar-refractivity contribution in [3.63, 3.8) is 0 Å². The van der Waals surface area contributed by atoms with Gasteiger partial charge >= 0.3 is 6.09 Å². The quantitative estimate of drug-likeness (QED) is 0.800. The summed E-state index contributed by atoms with van der Waals surface area (Å²) in [6.07, 6.45) is -0.291. The number of carbonyl (C=O) groups is 2. The molecule has 148 valence electrons. The highest BCUT2D eigenvalue weighted by Crippen LogP contribution is 2.21. The Bertz CT molecular complexity index is 726. The Balaban J connectivity index is 1.65. The summed E-state index contributed by atoms with van der Waals surface area (Å²) in [6.45, 7) is 13.5. The Morgan fingerprint density at radius 2 is 1.89 bits per heavy atom. The van der Waals surface area contributed by atoms with E-state index in [1.165, 1.54) is 16.7 Å². The smallest absolute Gasteiger partial charge is 0.410 e. The number of amides is 2. The van der Waals surface area contributed by atoms with Crippen LogP contribution in [0, 0.1) is 13.8 Å². The van der Waals surface area contributed by atoms with E-state index in [-0.39, 0.29) is 18.0 Å². The number of piperazine rings is 2. The first-order valence-electron chi connectivity index (χ1n) is 9.68. The molecule has 27 heavy (non-hydrogen) atoms. The first kappa shape index (κ1) is 19.7. The molecule has 0 spiro atoms. The van der Waals surface area contributed by atoms with E-state index in [1.807, 2.05) is 25.7 Å². The van der Waals surface area contributed by atoms with Gasteiger partial charge < -0.3 is 14.5 Å². The fourth-order valence-electron chi connectivity index (χ4n) is 3.76. The number of fused-ring (bicyclic) bond motifs is 1. The maximum Gasteiger partial charge on any atom is 0.410 e. The third kappa shape index (κ3) is 4.80. The lowest BCUT2D eigenvalue weighted by Crippen LogP contribution is -2.64. The SMILES string of the molecule is Cc1ccc(CN2CC(=O)N3CCN(C(=O)OC(C)(C)C)CC3C2)cc1C. The summed E-state index contributed by atoms with van der Waals surface area (Å²) in [6, 6.07) is 6.49. The molecule has 1 aromatic rings. The molecule has 2 aliphatic heterocycles. The molecule has 2 heterocycles. The van der Waals surface area contributed by atoms with Crippen molar-refractivity contribution in [2.45, 2.75) is 52.8 Å². The molecule has 6 heteroatoms. The average Bonchev–Trinajstić information content (AvgIpc) is 2.56. The van der Waals surface area contributed by atoms with Crippen LogP contribution in [-0.2, 0) is 16.1 Å². The van der Waals surface area contributed by atoms with Gasteiger partial charge in [-0.05, 0) is 51.3 Å². The van der Waals surface area contributed by atoms with Crippen molar-refractivity contribution in [1.82, 2.24) is 14.7 Å². The highest BCUT2D eigenvalue weighted by molar-refractivity contribution is 5.80. The van der Waals surface area contributed by atoms with Crippen LogP contribution in [0.4, 0.5) is 4.79 Å². The predicted molar refractivity (Wildman–Crippen MR) is 105 cm³/mol. The molecule has 0 radical (unpaired) electrons. The fourth-order valence-corrected chi connectivity index (χ4v) is 3.76. The summed E-state index contributed by atoms with van der Waals surface area (Å²) in [5.41, 5.74) is 3.26. The molecule has 0 N–H and O–H groups in total. The highest BCUT2D eigenvalue weighted by Gasteiger charge is 2.38. The minimum Gasteiger partial charge on any atom is -0.444 e. The summed E-state index contributed by atoms with van der Waals surface area (Å²) in [7, 11) is 0. The van der Waals surface area contributed by atoms with Gasteiger partial charge in [0.25, 0.3) is 0 Å². The number of carbonyl (C=O) groups excluding carboxylic acids is 2. The van der Waals surface area contributed by atoms with E-state index in [0.29, 0.717) is 26.2 Å². The molecule has 2 amide bonds. The summed E-state index contributed by atoms with van der Waals surface area (Å²) < 4.78 is 5.50. The van der Waals surface area contributed by atoms with Gasteiger partial charge in [0.1, 0.15) is 5.60 Å². The Hall–Kier alpha value is -2.08. The van der Waals surface area contributed by atoms with Gasteiger partial charge in [0.05, 0.1) is 12.6 Å². The van der Waals surface area contributed by atoms with Gasteiger partial charge in [0, 0.05) is 32.7 Å². The molecule has 3 rings (SSSR count). The number of nitrogens with zero attached hydrogens (tertiary/aromatic N) is 3. The van der Waals surface area contributed by atoms with Crippen LogP contribution in [0.2, 0.25) is 0 Å². The zero-order chi connectivity index (χ0) is 19.8. The molecule has 6 nitrogen and oxygen atoms in total. The van der Waals surface area contributed by atoms with Crippen LogP contribution in [0.15, 0.2) is 18.2 Å². The third-order valence-corrected chi connectivity index (χ3v) is 5.26. The molecular formula is C21H31N3O3. The van der Waals surface area contributed by atoms with E-state index in [1.54, 1.807) is 4.90 Å². The maximum atomic E-state index is 12.6. The molecule has 0 saturated carbocycles. The second kappa shape index (κ2) is 7.50. The van der Waals surface area contributed by atoms with E-state index in [9.17, 15) is 9.59 Å². The molecule has 2 saturated heterocycles. The summed E-state index contributed by atoms with van der Waals surface area (Å²) in [5.74, 6) is 0.152. The van der Waals surface area contributed by atoms with Crippen LogP contribution < -0.4 is 0 Å². The van der Waals surface area contributed by atoms with E-state index >= 15 is 0 Å². The van der Waals surface area contributed by atoms with E-state index in [0.717, 1.165) is 13.1 Å². The molecule has 2 fully saturated rings. The zero-order valence-electron chi connectivity index (χ0n) is 17.1. The normalized spacial score (nSPS) is 21.2. The van der Waals surface area contributed by atoms with Gasteiger partial charge in [0.15, 0.2) is 0 Å². The van der Waals surface area contributed by atoms with Crippen LogP contribution in [0.5, 0.6) is 0 Å². The number of benzene rings is 1. The van der Waals surface area contributed by atoms with Gasteiger partial charge in [-0.15, -0.1) is 0 Å². The second-order valence-electron chi connectivity index (χ2n) is 8.76. The van der Waals surface area contributed by atoms with Crippen LogP contribution in [-0.4, -0.2) is 71.1 Å². The van der Waals surface area contributed by atoms with Gasteiger partial charge in [0.2, 0.25) is 5.91 Å². The van der Waals surface area contributed by atoms with Crippen molar-refractivity contribution in [2.75, 3.05) is 32.7 Å². The molecule has 1 aromatic carbocycles. The van der Waals surface area contributed by atoms with Crippen molar-refractivity contribution in [3.8, 4) is 0 Å².